The zero-order chi connectivity index (χ0) is 62.5. The van der Waals surface area contributed by atoms with Gasteiger partial charge < -0.3 is 60.8 Å². The summed E-state index contributed by atoms with van der Waals surface area (Å²) < 4.78 is 118. The van der Waals surface area contributed by atoms with Crippen molar-refractivity contribution in [2.24, 2.45) is 63.3 Å². The fourth-order valence-corrected chi connectivity index (χ4v) is 8.60. The van der Waals surface area contributed by atoms with Gasteiger partial charge >= 0.3 is 66.0 Å². The summed E-state index contributed by atoms with van der Waals surface area (Å²) in [7, 11) is -21.3. The number of guanidine groups is 4. The molecule has 0 unspecified atom stereocenters. The van der Waals surface area contributed by atoms with Gasteiger partial charge in [-0.05, 0) is 148 Å². The molecule has 0 N–H and O–H groups in total. The summed E-state index contributed by atoms with van der Waals surface area (Å²) in [6.45, 7) is 52.5. The molecule has 0 aromatic carbocycles. The van der Waals surface area contributed by atoms with Crippen LogP contribution in [0.5, 0.6) is 0 Å². The molecule has 0 aromatic heterocycles. The van der Waals surface area contributed by atoms with E-state index in [1.165, 1.54) is 0 Å². The van der Waals surface area contributed by atoms with Gasteiger partial charge in [0.15, 0.2) is 0 Å². The van der Waals surface area contributed by atoms with Crippen molar-refractivity contribution in [1.29, 1.82) is 0 Å². The second-order valence-corrected chi connectivity index (χ2v) is 32.9. The number of nitrogens with zero attached hydrogens (tertiary/aromatic N) is 12. The molecule has 8 aliphatic rings. The topological polar surface area (TPSA) is 119 Å². The molecule has 4 saturated heterocycles. The van der Waals surface area contributed by atoms with E-state index < -0.39 is 15.6 Å². The van der Waals surface area contributed by atoms with Crippen LogP contribution in [0, 0.1) is 43.3 Å². The summed E-state index contributed by atoms with van der Waals surface area (Å²) in [6, 6.07) is 0. The standard InChI is InChI=1S/4C11H20N3.3CH2Cl2.2F6P.2W/c4*1-10(2)5-12-9-13-6-11(3,4)8-14(9)7-10;3*2-1-3;2*1-7(2,3,4,5)6;;/h4*5-8H2,1-4H3;3*1H2;;;;/q4*-1;;;;2*-1;;. The van der Waals surface area contributed by atoms with E-state index in [-0.39, 0.29) is 58.1 Å². The zero-order valence-electron chi connectivity index (χ0n) is 49.3. The summed E-state index contributed by atoms with van der Waals surface area (Å²) in [6.07, 6.45) is 0. The summed E-state index contributed by atoms with van der Waals surface area (Å²) in [5.74, 6) is 3.96. The van der Waals surface area contributed by atoms with Gasteiger partial charge in [-0.25, -0.2) is 0 Å². The summed E-state index contributed by atoms with van der Waals surface area (Å²) in [4.78, 5) is 27.5. The first-order valence-corrected chi connectivity index (χ1v) is 32.3. The van der Waals surface area contributed by atoms with Crippen molar-refractivity contribution in [3.05, 3.63) is 21.3 Å². The van der Waals surface area contributed by atoms with E-state index in [1.807, 2.05) is 0 Å². The maximum atomic E-state index is 9.87. The smallest absolute Gasteiger partial charge is 0 e. The largest absolute Gasteiger partial charge is 0 e. The van der Waals surface area contributed by atoms with Crippen LogP contribution in [0.4, 0.5) is 50.4 Å². The number of halogens is 18. The molecular formula is C47H86Cl6F12N12P2W2-6. The molecule has 0 amide bonds. The predicted octanol–water partition coefficient (Wildman–Crippen LogP) is 19.4. The van der Waals surface area contributed by atoms with Crippen LogP contribution in [0.15, 0.2) is 20.0 Å². The van der Waals surface area contributed by atoms with Crippen LogP contribution in [0.25, 0.3) is 21.3 Å². The molecule has 34 heteroatoms. The monoisotopic (exact) mass is 1690 g/mol. The van der Waals surface area contributed by atoms with Crippen molar-refractivity contribution in [1.82, 2.24) is 19.6 Å². The van der Waals surface area contributed by atoms with Gasteiger partial charge in [0.2, 0.25) is 0 Å². The fourth-order valence-electron chi connectivity index (χ4n) is 8.60. The number of aliphatic imine (C=N–C) groups is 4. The van der Waals surface area contributed by atoms with Gasteiger partial charge in [0.05, 0.1) is 16.0 Å². The van der Waals surface area contributed by atoms with E-state index in [4.69, 9.17) is 69.6 Å². The Morgan fingerprint density at radius 1 is 0.309 bits per heavy atom. The van der Waals surface area contributed by atoms with Crippen molar-refractivity contribution in [2.45, 2.75) is 111 Å². The van der Waals surface area contributed by atoms with Crippen LogP contribution < -0.4 is 0 Å². The van der Waals surface area contributed by atoms with E-state index in [9.17, 15) is 50.4 Å². The van der Waals surface area contributed by atoms with Crippen LogP contribution in [0.1, 0.15) is 111 Å². The number of hydrogen-bond donors (Lipinski definition) is 0. The Hall–Kier alpha value is 0.217. The van der Waals surface area contributed by atoms with Gasteiger partial charge in [-0.15, -0.1) is 69.6 Å². The molecule has 12 nitrogen and oxygen atoms in total. The van der Waals surface area contributed by atoms with Gasteiger partial charge in [0.25, 0.3) is 0 Å². The van der Waals surface area contributed by atoms with Gasteiger partial charge in [0, 0.05) is 66.0 Å². The average molecular weight is 1690 g/mol. The van der Waals surface area contributed by atoms with Gasteiger partial charge in [-0.3, -0.25) is 0 Å². The van der Waals surface area contributed by atoms with Crippen molar-refractivity contribution in [3.63, 3.8) is 0 Å². The minimum Gasteiger partial charge on any atom is 0 e. The Morgan fingerprint density at radius 3 is 0.543 bits per heavy atom. The van der Waals surface area contributed by atoms with Crippen molar-refractivity contribution in [2.75, 3.05) is 121 Å². The maximum absolute atomic E-state index is 10.7. The Morgan fingerprint density at radius 2 is 0.420 bits per heavy atom. The van der Waals surface area contributed by atoms with Gasteiger partial charge in [0.1, 0.15) is 0 Å². The predicted molar refractivity (Wildman–Crippen MR) is 316 cm³/mol. The molecule has 488 valence electrons. The average Bonchev–Trinajstić information content (AvgIpc) is 3.17. The first-order valence-electron chi connectivity index (χ1n) is 25.0. The van der Waals surface area contributed by atoms with E-state index in [0.29, 0.717) is 43.3 Å². The van der Waals surface area contributed by atoms with E-state index in [1.54, 1.807) is 0 Å². The molecule has 8 rings (SSSR count). The molecule has 0 aromatic rings. The molecule has 0 radical (unpaired) electrons. The molecule has 8 aliphatic heterocycles. The SMILES string of the molecule is CC1(C)CN=C2[N-]CC(C)(C)CN2C1.CC1(C)CN=C2[N-]CC(C)(C)CN2C1.CC1(C)CN=C2[N-]CC(C)(C)CN2C1.CC1(C)CN=C2[N-]CC(C)(C)CN2C1.ClCCl.ClCCl.ClCCl.F[P-](F)(F)(F)(F)F.F[P-](F)(F)(F)(F)F.[W].[W]. The quantitative estimate of drug-likeness (QED) is 0.136. The van der Waals surface area contributed by atoms with Gasteiger partial charge in [-0.1, -0.05) is 111 Å². The van der Waals surface area contributed by atoms with Crippen LogP contribution >= 0.6 is 85.2 Å². The summed E-state index contributed by atoms with van der Waals surface area (Å²) >= 11 is 28.6. The molecule has 8 heterocycles. The zero-order valence-corrected chi connectivity index (χ0v) is 61.5. The van der Waals surface area contributed by atoms with E-state index in [0.717, 1.165) is 129 Å². The fraction of sp³-hybridized carbons (Fsp3) is 0.915. The molecule has 0 atom stereocenters. The second-order valence-electron chi connectivity index (χ2n) is 26.7. The number of alkyl halides is 6. The normalized spacial score (nSPS) is 24.6. The molecular weight excluding hydrogens is 1600 g/mol. The summed E-state index contributed by atoms with van der Waals surface area (Å²) in [5, 5.41) is 18.8. The molecule has 0 saturated carbocycles. The van der Waals surface area contributed by atoms with Crippen molar-refractivity contribution >= 4 is 109 Å². The molecule has 0 aliphatic carbocycles. The van der Waals surface area contributed by atoms with E-state index in [2.05, 4.69) is 172 Å². The Kier molecular flexibility index (Phi) is 31.8. The Bertz CT molecular complexity index is 1800. The van der Waals surface area contributed by atoms with Crippen LogP contribution in [0.3, 0.4) is 0 Å². The third-order valence-electron chi connectivity index (χ3n) is 11.3. The number of rotatable bonds is 0. The van der Waals surface area contributed by atoms with Crippen molar-refractivity contribution < 1.29 is 92.5 Å². The van der Waals surface area contributed by atoms with Crippen LogP contribution in [-0.4, -0.2) is 164 Å². The minimum atomic E-state index is -10.7. The third-order valence-corrected chi connectivity index (χ3v) is 11.3. The third kappa shape index (κ3) is 45.2. The molecule has 4 fully saturated rings. The first-order chi connectivity index (χ1) is 34.7. The first kappa shape index (κ1) is 85.4. The molecule has 81 heavy (non-hydrogen) atoms. The molecule has 0 spiro atoms. The Labute approximate surface area is 533 Å². The van der Waals surface area contributed by atoms with Crippen LogP contribution in [-0.2, 0) is 42.1 Å². The second kappa shape index (κ2) is 30.1. The van der Waals surface area contributed by atoms with E-state index >= 15 is 0 Å². The number of hydrogen-bond acceptors (Lipinski definition) is 8. The Balaban J connectivity index is -0.000000885. The molecule has 0 bridgehead atoms. The maximum Gasteiger partial charge on any atom is 0 e. The van der Waals surface area contributed by atoms with Gasteiger partial charge in [-0.2, -0.15) is 0 Å². The number of fused-ring (bicyclic) bond motifs is 4. The van der Waals surface area contributed by atoms with Crippen LogP contribution in [0.2, 0.25) is 0 Å². The summed E-state index contributed by atoms with van der Waals surface area (Å²) in [5.41, 5.74) is 2.50. The minimum absolute atomic E-state index is 0. The van der Waals surface area contributed by atoms with Crippen molar-refractivity contribution in [3.8, 4) is 0 Å².